The Balaban J connectivity index is 1.98. The summed E-state index contributed by atoms with van der Waals surface area (Å²) in [6.07, 6.45) is 2.99. The largest absolute Gasteiger partial charge is 0.452 e. The lowest BCUT2D eigenvalue weighted by molar-refractivity contribution is -0.140. The number of carbonyl (C=O) groups excluding carboxylic acids is 2. The van der Waals surface area contributed by atoms with Gasteiger partial charge in [0.1, 0.15) is 5.82 Å². The molecule has 1 saturated heterocycles. The molecular formula is C16H19BrFNO3. The van der Waals surface area contributed by atoms with Crippen molar-refractivity contribution < 1.29 is 18.7 Å². The highest BCUT2D eigenvalue weighted by Crippen LogP contribution is 2.23. The highest BCUT2D eigenvalue weighted by atomic mass is 79.9. The maximum Gasteiger partial charge on any atom is 0.341 e. The molecule has 0 bridgehead atoms. The molecule has 1 aliphatic heterocycles. The highest BCUT2D eigenvalue weighted by molar-refractivity contribution is 9.10. The summed E-state index contributed by atoms with van der Waals surface area (Å²) in [5.41, 5.74) is -0.179. The molecule has 0 spiro atoms. The third-order valence-electron chi connectivity index (χ3n) is 3.96. The second-order valence-corrected chi connectivity index (χ2v) is 6.55. The molecule has 2 rings (SSSR count). The minimum Gasteiger partial charge on any atom is -0.452 e. The number of nitrogens with zero attached hydrogens (tertiary/aromatic N) is 1. The van der Waals surface area contributed by atoms with Crippen LogP contribution < -0.4 is 0 Å². The van der Waals surface area contributed by atoms with E-state index in [2.05, 4.69) is 15.9 Å². The van der Waals surface area contributed by atoms with Gasteiger partial charge in [-0.25, -0.2) is 9.18 Å². The van der Waals surface area contributed by atoms with E-state index in [4.69, 9.17) is 4.74 Å². The molecule has 1 aromatic carbocycles. The molecule has 1 aromatic rings. The Morgan fingerprint density at radius 2 is 1.95 bits per heavy atom. The SMILES string of the molecule is CC1CCCC(C)N1C(=O)COC(=O)c1cc(Br)ccc1F. The lowest BCUT2D eigenvalue weighted by Gasteiger charge is -2.38. The van der Waals surface area contributed by atoms with E-state index in [9.17, 15) is 14.0 Å². The zero-order valence-corrected chi connectivity index (χ0v) is 14.2. The zero-order chi connectivity index (χ0) is 16.3. The average Bonchev–Trinajstić information content (AvgIpc) is 2.47. The second-order valence-electron chi connectivity index (χ2n) is 5.63. The predicted molar refractivity (Wildman–Crippen MR) is 84.0 cm³/mol. The summed E-state index contributed by atoms with van der Waals surface area (Å²) in [6.45, 7) is 3.62. The van der Waals surface area contributed by atoms with Crippen molar-refractivity contribution in [2.75, 3.05) is 6.61 Å². The van der Waals surface area contributed by atoms with Gasteiger partial charge in [-0.05, 0) is 51.3 Å². The molecule has 6 heteroatoms. The molecular weight excluding hydrogens is 353 g/mol. The second kappa shape index (κ2) is 7.22. The Morgan fingerprint density at radius 3 is 2.59 bits per heavy atom. The third-order valence-corrected chi connectivity index (χ3v) is 4.45. The lowest BCUT2D eigenvalue weighted by atomic mass is 9.97. The number of amides is 1. The molecule has 4 nitrogen and oxygen atoms in total. The number of halogens is 2. The fraction of sp³-hybridized carbons (Fsp3) is 0.500. The van der Waals surface area contributed by atoms with Crippen molar-refractivity contribution in [2.45, 2.75) is 45.2 Å². The van der Waals surface area contributed by atoms with Crippen molar-refractivity contribution in [3.63, 3.8) is 0 Å². The fourth-order valence-electron chi connectivity index (χ4n) is 2.85. The summed E-state index contributed by atoms with van der Waals surface area (Å²) >= 11 is 3.17. The van der Waals surface area contributed by atoms with Crippen molar-refractivity contribution in [1.29, 1.82) is 0 Å². The predicted octanol–water partition coefficient (Wildman–Crippen LogP) is 3.53. The van der Waals surface area contributed by atoms with Gasteiger partial charge in [-0.3, -0.25) is 4.79 Å². The number of hydrogen-bond acceptors (Lipinski definition) is 3. The quantitative estimate of drug-likeness (QED) is 0.763. The Kier molecular flexibility index (Phi) is 5.56. The maximum atomic E-state index is 13.6. The molecule has 1 aliphatic rings. The first-order chi connectivity index (χ1) is 10.4. The van der Waals surface area contributed by atoms with Gasteiger partial charge in [0.2, 0.25) is 0 Å². The van der Waals surface area contributed by atoms with Crippen molar-refractivity contribution in [3.05, 3.63) is 34.1 Å². The number of esters is 1. The topological polar surface area (TPSA) is 46.6 Å². The standard InChI is InChI=1S/C16H19BrFNO3/c1-10-4-3-5-11(2)19(10)15(20)9-22-16(21)13-8-12(17)6-7-14(13)18/h6-8,10-11H,3-5,9H2,1-2H3. The monoisotopic (exact) mass is 371 g/mol. The molecule has 1 fully saturated rings. The number of rotatable bonds is 3. The summed E-state index contributed by atoms with van der Waals surface area (Å²) in [5.74, 6) is -1.73. The van der Waals surface area contributed by atoms with Gasteiger partial charge in [-0.2, -0.15) is 0 Å². The Labute approximate surface area is 137 Å². The van der Waals surface area contributed by atoms with Crippen LogP contribution in [0, 0.1) is 5.82 Å². The van der Waals surface area contributed by atoms with E-state index in [-0.39, 0.29) is 30.2 Å². The first-order valence-corrected chi connectivity index (χ1v) is 8.12. The normalized spacial score (nSPS) is 21.5. The van der Waals surface area contributed by atoms with Gasteiger partial charge in [0.05, 0.1) is 5.56 Å². The summed E-state index contributed by atoms with van der Waals surface area (Å²) in [6, 6.07) is 4.29. The van der Waals surface area contributed by atoms with E-state index in [1.807, 2.05) is 13.8 Å². The minimum atomic E-state index is -0.829. The van der Waals surface area contributed by atoms with E-state index >= 15 is 0 Å². The Bertz CT molecular complexity index is 569. The van der Waals surface area contributed by atoms with E-state index in [0.29, 0.717) is 4.47 Å². The summed E-state index contributed by atoms with van der Waals surface area (Å²) in [5, 5.41) is 0. The number of carbonyl (C=O) groups is 2. The highest BCUT2D eigenvalue weighted by Gasteiger charge is 2.29. The van der Waals surface area contributed by atoms with Gasteiger partial charge >= 0.3 is 5.97 Å². The van der Waals surface area contributed by atoms with Gasteiger partial charge in [-0.15, -0.1) is 0 Å². The van der Waals surface area contributed by atoms with Crippen LogP contribution in [0.4, 0.5) is 4.39 Å². The molecule has 2 unspecified atom stereocenters. The third kappa shape index (κ3) is 3.85. The molecule has 0 saturated carbocycles. The van der Waals surface area contributed by atoms with Crippen LogP contribution in [0.1, 0.15) is 43.5 Å². The minimum absolute atomic E-state index is 0.137. The molecule has 0 radical (unpaired) electrons. The molecule has 120 valence electrons. The van der Waals surface area contributed by atoms with E-state index in [1.165, 1.54) is 18.2 Å². The van der Waals surface area contributed by atoms with Gasteiger partial charge < -0.3 is 9.64 Å². The van der Waals surface area contributed by atoms with E-state index in [0.717, 1.165) is 19.3 Å². The molecule has 0 N–H and O–H groups in total. The first-order valence-electron chi connectivity index (χ1n) is 7.33. The number of piperidine rings is 1. The van der Waals surface area contributed by atoms with Crippen LogP contribution >= 0.6 is 15.9 Å². The molecule has 22 heavy (non-hydrogen) atoms. The molecule has 1 heterocycles. The van der Waals surface area contributed by atoms with Crippen LogP contribution in [0.3, 0.4) is 0 Å². The van der Waals surface area contributed by atoms with Gasteiger partial charge in [0, 0.05) is 16.6 Å². The van der Waals surface area contributed by atoms with Gasteiger partial charge in [0.25, 0.3) is 5.91 Å². The molecule has 0 aromatic heterocycles. The van der Waals surface area contributed by atoms with Crippen LogP contribution in [0.25, 0.3) is 0 Å². The van der Waals surface area contributed by atoms with Crippen molar-refractivity contribution in [3.8, 4) is 0 Å². The van der Waals surface area contributed by atoms with E-state index in [1.54, 1.807) is 4.90 Å². The lowest BCUT2D eigenvalue weighted by Crippen LogP contribution is -2.49. The molecule has 1 amide bonds. The number of likely N-dealkylation sites (tertiary alicyclic amines) is 1. The van der Waals surface area contributed by atoms with E-state index < -0.39 is 11.8 Å². The number of ether oxygens (including phenoxy) is 1. The van der Waals surface area contributed by atoms with Crippen LogP contribution in [0.15, 0.2) is 22.7 Å². The van der Waals surface area contributed by atoms with Crippen molar-refractivity contribution in [1.82, 2.24) is 4.90 Å². The van der Waals surface area contributed by atoms with Crippen LogP contribution in [-0.2, 0) is 9.53 Å². The summed E-state index contributed by atoms with van der Waals surface area (Å²) in [4.78, 5) is 25.9. The summed E-state index contributed by atoms with van der Waals surface area (Å²) < 4.78 is 19.2. The van der Waals surface area contributed by atoms with Crippen LogP contribution in [-0.4, -0.2) is 35.5 Å². The van der Waals surface area contributed by atoms with Crippen molar-refractivity contribution in [2.24, 2.45) is 0 Å². The smallest absolute Gasteiger partial charge is 0.341 e. The van der Waals surface area contributed by atoms with Crippen LogP contribution in [0.5, 0.6) is 0 Å². The molecule has 2 atom stereocenters. The maximum absolute atomic E-state index is 13.6. The zero-order valence-electron chi connectivity index (χ0n) is 12.6. The van der Waals surface area contributed by atoms with Gasteiger partial charge in [-0.1, -0.05) is 15.9 Å². The number of hydrogen-bond donors (Lipinski definition) is 0. The Hall–Kier alpha value is -1.43. The van der Waals surface area contributed by atoms with Gasteiger partial charge in [0.15, 0.2) is 6.61 Å². The van der Waals surface area contributed by atoms with Crippen LogP contribution in [0.2, 0.25) is 0 Å². The summed E-state index contributed by atoms with van der Waals surface area (Å²) in [7, 11) is 0. The average molecular weight is 372 g/mol. The fourth-order valence-corrected chi connectivity index (χ4v) is 3.21. The molecule has 0 aliphatic carbocycles. The Morgan fingerprint density at radius 1 is 1.32 bits per heavy atom. The number of benzene rings is 1. The van der Waals surface area contributed by atoms with Crippen molar-refractivity contribution >= 4 is 27.8 Å². The first kappa shape index (κ1) is 16.9.